The highest BCUT2D eigenvalue weighted by Crippen LogP contribution is 2.59. The second-order valence-corrected chi connectivity index (χ2v) is 12.7. The van der Waals surface area contributed by atoms with E-state index in [1.165, 1.54) is 29.6 Å². The molecule has 184 valence electrons. The fourth-order valence-corrected chi connectivity index (χ4v) is 8.88. The first-order valence-corrected chi connectivity index (χ1v) is 14.0. The van der Waals surface area contributed by atoms with Crippen molar-refractivity contribution < 1.29 is 18.0 Å². The summed E-state index contributed by atoms with van der Waals surface area (Å²) in [4.78, 5) is 27.5. The van der Waals surface area contributed by atoms with Gasteiger partial charge in [-0.15, -0.1) is 0 Å². The summed E-state index contributed by atoms with van der Waals surface area (Å²) in [5.74, 6) is 2.18. The molecule has 0 aromatic heterocycles. The second-order valence-electron chi connectivity index (χ2n) is 10.8. The molecular weight excluding hydrogens is 450 g/mol. The lowest BCUT2D eigenvalue weighted by atomic mass is 9.66. The third-order valence-electron chi connectivity index (χ3n) is 8.73. The first-order valence-electron chi connectivity index (χ1n) is 12.6. The minimum absolute atomic E-state index is 0.206. The maximum Gasteiger partial charge on any atom is 0.247 e. The molecule has 34 heavy (non-hydrogen) atoms. The molecule has 4 aliphatic rings. The normalized spacial score (nSPS) is 31.2. The Kier molecular flexibility index (Phi) is 6.09. The van der Waals surface area contributed by atoms with Gasteiger partial charge < -0.3 is 10.2 Å². The lowest BCUT2D eigenvalue weighted by Crippen LogP contribution is -2.55. The Balaban J connectivity index is 1.26. The molecule has 4 atom stereocenters. The standard InChI is InChI=1S/C26H35N3O4S/c1-3-24(30)27-22-6-7-23(18(2)13-22)34(32,33)29-11-9-28(10-12-29)25(31)26-8-4-5-20-14-19(16-26)15-21(20)17-26/h3,6-7,13,19-21H,1,4-5,8-12,14-17H2,2H3,(H,27,30). The number of amides is 2. The molecule has 1 aromatic carbocycles. The fourth-order valence-electron chi connectivity index (χ4n) is 7.25. The summed E-state index contributed by atoms with van der Waals surface area (Å²) in [6.07, 6.45) is 9.29. The Bertz CT molecular complexity index is 1110. The molecule has 3 aliphatic carbocycles. The van der Waals surface area contributed by atoms with Crippen molar-refractivity contribution in [1.29, 1.82) is 0 Å². The van der Waals surface area contributed by atoms with Crippen molar-refractivity contribution in [2.45, 2.75) is 56.8 Å². The lowest BCUT2D eigenvalue weighted by Gasteiger charge is -2.44. The number of carbonyl (C=O) groups excluding carboxylic acids is 2. The van der Waals surface area contributed by atoms with E-state index in [1.807, 2.05) is 4.90 Å². The first-order chi connectivity index (χ1) is 16.2. The largest absolute Gasteiger partial charge is 0.340 e. The number of hydrogen-bond donors (Lipinski definition) is 1. The molecule has 4 unspecified atom stereocenters. The molecule has 1 heterocycles. The minimum atomic E-state index is -3.68. The van der Waals surface area contributed by atoms with Crippen LogP contribution in [0, 0.1) is 30.1 Å². The maximum atomic E-state index is 13.7. The van der Waals surface area contributed by atoms with E-state index in [0.29, 0.717) is 49.3 Å². The molecule has 1 saturated heterocycles. The highest BCUT2D eigenvalue weighted by Gasteiger charge is 2.54. The fraction of sp³-hybridized carbons (Fsp3) is 0.615. The van der Waals surface area contributed by atoms with Crippen LogP contribution < -0.4 is 5.32 Å². The molecule has 1 N–H and O–H groups in total. The van der Waals surface area contributed by atoms with Gasteiger partial charge >= 0.3 is 0 Å². The Labute approximate surface area is 202 Å². The Morgan fingerprint density at radius 1 is 1.12 bits per heavy atom. The number of benzene rings is 1. The summed E-state index contributed by atoms with van der Waals surface area (Å²) in [5.41, 5.74) is 0.899. The van der Waals surface area contributed by atoms with E-state index >= 15 is 0 Å². The van der Waals surface area contributed by atoms with Crippen LogP contribution in [0.5, 0.6) is 0 Å². The summed E-state index contributed by atoms with van der Waals surface area (Å²) in [5, 5.41) is 2.66. The number of hydrogen-bond acceptors (Lipinski definition) is 4. The summed E-state index contributed by atoms with van der Waals surface area (Å²) >= 11 is 0. The van der Waals surface area contributed by atoms with Gasteiger partial charge in [0.2, 0.25) is 21.8 Å². The van der Waals surface area contributed by atoms with Crippen LogP contribution in [0.25, 0.3) is 0 Å². The summed E-state index contributed by atoms with van der Waals surface area (Å²) < 4.78 is 28.2. The number of carbonyl (C=O) groups is 2. The van der Waals surface area contributed by atoms with Gasteiger partial charge in [-0.2, -0.15) is 4.31 Å². The average molecular weight is 486 g/mol. The number of sulfonamides is 1. The Morgan fingerprint density at radius 2 is 1.85 bits per heavy atom. The SMILES string of the molecule is C=CC(=O)Nc1ccc(S(=O)(=O)N2CCN(C(=O)C34CCCC5CC(CC5C3)C4)CC2)c(C)c1. The van der Waals surface area contributed by atoms with Crippen molar-refractivity contribution in [1.82, 2.24) is 9.21 Å². The summed E-state index contributed by atoms with van der Waals surface area (Å²) in [7, 11) is -3.68. The molecule has 3 bridgehead atoms. The Morgan fingerprint density at radius 3 is 2.56 bits per heavy atom. The van der Waals surface area contributed by atoms with E-state index < -0.39 is 10.0 Å². The zero-order valence-electron chi connectivity index (χ0n) is 20.0. The minimum Gasteiger partial charge on any atom is -0.340 e. The summed E-state index contributed by atoms with van der Waals surface area (Å²) in [6.45, 7) is 6.68. The Hall–Kier alpha value is -2.19. The molecule has 8 heteroatoms. The van der Waals surface area contributed by atoms with Crippen molar-refractivity contribution in [3.8, 4) is 0 Å². The number of piperazine rings is 1. The molecule has 7 nitrogen and oxygen atoms in total. The molecule has 0 spiro atoms. The third kappa shape index (κ3) is 4.09. The van der Waals surface area contributed by atoms with Crippen LogP contribution in [0.3, 0.4) is 0 Å². The van der Waals surface area contributed by atoms with Crippen molar-refractivity contribution >= 4 is 27.5 Å². The predicted molar refractivity (Wildman–Crippen MR) is 131 cm³/mol. The van der Waals surface area contributed by atoms with E-state index in [0.717, 1.165) is 31.6 Å². The van der Waals surface area contributed by atoms with Crippen molar-refractivity contribution in [3.63, 3.8) is 0 Å². The van der Waals surface area contributed by atoms with Gasteiger partial charge in [0.25, 0.3) is 0 Å². The van der Waals surface area contributed by atoms with Crippen LogP contribution in [0.1, 0.15) is 50.5 Å². The van der Waals surface area contributed by atoms with Gasteiger partial charge in [0.05, 0.1) is 4.90 Å². The van der Waals surface area contributed by atoms with Crippen LogP contribution in [0.4, 0.5) is 5.69 Å². The number of anilines is 1. The van der Waals surface area contributed by atoms with Crippen molar-refractivity contribution in [2.75, 3.05) is 31.5 Å². The van der Waals surface area contributed by atoms with E-state index in [2.05, 4.69) is 11.9 Å². The number of nitrogens with one attached hydrogen (secondary N) is 1. The van der Waals surface area contributed by atoms with Gasteiger partial charge in [0, 0.05) is 37.3 Å². The van der Waals surface area contributed by atoms with Gasteiger partial charge in [-0.3, -0.25) is 9.59 Å². The molecule has 0 radical (unpaired) electrons. The molecular formula is C26H35N3O4S. The van der Waals surface area contributed by atoms with E-state index in [4.69, 9.17) is 0 Å². The van der Waals surface area contributed by atoms with Gasteiger partial charge in [-0.05, 0) is 86.6 Å². The van der Waals surface area contributed by atoms with Gasteiger partial charge in [-0.25, -0.2) is 8.42 Å². The lowest BCUT2D eigenvalue weighted by molar-refractivity contribution is -0.147. The molecule has 2 amide bonds. The smallest absolute Gasteiger partial charge is 0.247 e. The van der Waals surface area contributed by atoms with Crippen LogP contribution in [0.2, 0.25) is 0 Å². The van der Waals surface area contributed by atoms with E-state index in [9.17, 15) is 18.0 Å². The zero-order chi connectivity index (χ0) is 24.1. The first kappa shape index (κ1) is 23.5. The van der Waals surface area contributed by atoms with E-state index in [-0.39, 0.29) is 22.1 Å². The van der Waals surface area contributed by atoms with Gasteiger partial charge in [0.1, 0.15) is 0 Å². The summed E-state index contributed by atoms with van der Waals surface area (Å²) in [6, 6.07) is 4.79. The van der Waals surface area contributed by atoms with Gasteiger partial charge in [0.15, 0.2) is 0 Å². The average Bonchev–Trinajstić information content (AvgIpc) is 3.03. The maximum absolute atomic E-state index is 13.7. The van der Waals surface area contributed by atoms with E-state index in [1.54, 1.807) is 25.1 Å². The van der Waals surface area contributed by atoms with Crippen LogP contribution in [0.15, 0.2) is 35.7 Å². The van der Waals surface area contributed by atoms with Gasteiger partial charge in [-0.1, -0.05) is 19.4 Å². The van der Waals surface area contributed by atoms with Crippen LogP contribution in [-0.4, -0.2) is 55.6 Å². The molecule has 1 aliphatic heterocycles. The topological polar surface area (TPSA) is 86.8 Å². The monoisotopic (exact) mass is 485 g/mol. The zero-order valence-corrected chi connectivity index (χ0v) is 20.8. The van der Waals surface area contributed by atoms with Crippen LogP contribution in [-0.2, 0) is 19.6 Å². The number of nitrogens with zero attached hydrogens (tertiary/aromatic N) is 2. The molecule has 1 aromatic rings. The highest BCUT2D eigenvalue weighted by atomic mass is 32.2. The number of fused-ring (bicyclic) bond motifs is 2. The highest BCUT2D eigenvalue weighted by molar-refractivity contribution is 7.89. The third-order valence-corrected chi connectivity index (χ3v) is 10.8. The predicted octanol–water partition coefficient (Wildman–Crippen LogP) is 3.56. The molecule has 5 rings (SSSR count). The molecule has 4 fully saturated rings. The van der Waals surface area contributed by atoms with Crippen molar-refractivity contribution in [3.05, 3.63) is 36.4 Å². The van der Waals surface area contributed by atoms with Crippen LogP contribution >= 0.6 is 0 Å². The quantitative estimate of drug-likeness (QED) is 0.646. The molecule has 3 saturated carbocycles. The number of rotatable bonds is 5. The second kappa shape index (κ2) is 8.79. The van der Waals surface area contributed by atoms with Crippen molar-refractivity contribution in [2.24, 2.45) is 23.2 Å². The number of aryl methyl sites for hydroxylation is 1.